The Bertz CT molecular complexity index is 645. The largest absolute Gasteiger partial charge is 0.382 e. The Labute approximate surface area is 124 Å². The Morgan fingerprint density at radius 1 is 1.24 bits per heavy atom. The van der Waals surface area contributed by atoms with E-state index in [0.717, 1.165) is 16.7 Å². The Balaban J connectivity index is 1.65. The van der Waals surface area contributed by atoms with Gasteiger partial charge < -0.3 is 20.2 Å². The van der Waals surface area contributed by atoms with Gasteiger partial charge in [0.25, 0.3) is 0 Å². The number of imidazole rings is 1. The molecule has 5 heteroatoms. The van der Waals surface area contributed by atoms with Crippen molar-refractivity contribution in [2.75, 3.05) is 25.0 Å². The third-order valence-electron chi connectivity index (χ3n) is 4.25. The lowest BCUT2D eigenvalue weighted by molar-refractivity contribution is 0.285. The summed E-state index contributed by atoms with van der Waals surface area (Å²) in [5, 5.41) is 3.62. The van der Waals surface area contributed by atoms with Gasteiger partial charge in [-0.25, -0.2) is 4.79 Å². The molecule has 0 amide bonds. The maximum absolute atomic E-state index is 11.3. The molecule has 21 heavy (non-hydrogen) atoms. The van der Waals surface area contributed by atoms with Gasteiger partial charge in [-0.05, 0) is 57.0 Å². The molecule has 0 spiro atoms. The van der Waals surface area contributed by atoms with Gasteiger partial charge in [0, 0.05) is 18.3 Å². The number of H-pyrrole nitrogens is 2. The molecule has 3 rings (SSSR count). The summed E-state index contributed by atoms with van der Waals surface area (Å²) in [6.45, 7) is 5.85. The molecule has 0 bridgehead atoms. The van der Waals surface area contributed by atoms with Crippen LogP contribution in [0.25, 0.3) is 11.0 Å². The van der Waals surface area contributed by atoms with E-state index in [-0.39, 0.29) is 5.69 Å². The molecule has 1 atom stereocenters. The van der Waals surface area contributed by atoms with E-state index in [4.69, 9.17) is 0 Å². The number of hydrogen-bond acceptors (Lipinski definition) is 3. The highest BCUT2D eigenvalue weighted by atomic mass is 16.1. The summed E-state index contributed by atoms with van der Waals surface area (Å²) in [4.78, 5) is 19.4. The minimum atomic E-state index is -0.146. The Morgan fingerprint density at radius 2 is 2.10 bits per heavy atom. The fraction of sp³-hybridized carbons (Fsp3) is 0.562. The highest BCUT2D eigenvalue weighted by molar-refractivity contribution is 5.78. The topological polar surface area (TPSA) is 63.9 Å². The van der Waals surface area contributed by atoms with Crippen LogP contribution in [0.5, 0.6) is 0 Å². The van der Waals surface area contributed by atoms with Crippen LogP contribution < -0.4 is 11.0 Å². The number of likely N-dealkylation sites (tertiary alicyclic amines) is 1. The van der Waals surface area contributed by atoms with Crippen LogP contribution in [0.4, 0.5) is 5.69 Å². The number of fused-ring (bicyclic) bond motifs is 1. The van der Waals surface area contributed by atoms with Crippen molar-refractivity contribution in [3.05, 3.63) is 28.7 Å². The van der Waals surface area contributed by atoms with E-state index in [2.05, 4.69) is 27.1 Å². The molecule has 114 valence electrons. The summed E-state index contributed by atoms with van der Waals surface area (Å²) in [7, 11) is 0. The number of aromatic amines is 2. The zero-order valence-corrected chi connectivity index (χ0v) is 12.6. The van der Waals surface area contributed by atoms with Crippen molar-refractivity contribution < 1.29 is 0 Å². The number of aromatic nitrogens is 2. The van der Waals surface area contributed by atoms with Gasteiger partial charge in [0.1, 0.15) is 0 Å². The summed E-state index contributed by atoms with van der Waals surface area (Å²) < 4.78 is 0. The van der Waals surface area contributed by atoms with E-state index in [1.807, 2.05) is 18.2 Å². The second-order valence-corrected chi connectivity index (χ2v) is 5.95. The van der Waals surface area contributed by atoms with Gasteiger partial charge >= 0.3 is 5.69 Å². The van der Waals surface area contributed by atoms with Crippen molar-refractivity contribution >= 4 is 16.7 Å². The molecule has 1 aliphatic heterocycles. The number of benzene rings is 1. The minimum absolute atomic E-state index is 0.146. The third kappa shape index (κ3) is 3.47. The van der Waals surface area contributed by atoms with Crippen LogP contribution in [0.2, 0.25) is 0 Å². The SMILES string of the molecule is CCCN1CCCC(Nc2ccc3[nH]c(=O)[nH]c3c2)CC1. The lowest BCUT2D eigenvalue weighted by atomic mass is 10.1. The van der Waals surface area contributed by atoms with E-state index in [9.17, 15) is 4.79 Å². The van der Waals surface area contributed by atoms with Crippen molar-refractivity contribution in [1.82, 2.24) is 14.9 Å². The number of rotatable bonds is 4. The van der Waals surface area contributed by atoms with Crippen LogP contribution in [-0.4, -0.2) is 40.5 Å². The first-order chi connectivity index (χ1) is 10.2. The van der Waals surface area contributed by atoms with Gasteiger partial charge in [0.05, 0.1) is 11.0 Å². The van der Waals surface area contributed by atoms with E-state index < -0.39 is 0 Å². The van der Waals surface area contributed by atoms with Gasteiger partial charge in [0.15, 0.2) is 0 Å². The highest BCUT2D eigenvalue weighted by Crippen LogP contribution is 2.19. The summed E-state index contributed by atoms with van der Waals surface area (Å²) in [5.74, 6) is 0. The molecule has 1 fully saturated rings. The molecule has 0 aliphatic carbocycles. The zero-order valence-electron chi connectivity index (χ0n) is 12.6. The lowest BCUT2D eigenvalue weighted by Gasteiger charge is -2.20. The van der Waals surface area contributed by atoms with Gasteiger partial charge in [-0.2, -0.15) is 0 Å². The number of nitrogens with one attached hydrogen (secondary N) is 3. The van der Waals surface area contributed by atoms with Crippen molar-refractivity contribution in [2.45, 2.75) is 38.6 Å². The number of hydrogen-bond donors (Lipinski definition) is 3. The summed E-state index contributed by atoms with van der Waals surface area (Å²) in [5.41, 5.74) is 2.67. The van der Waals surface area contributed by atoms with Gasteiger partial charge in [0.2, 0.25) is 0 Å². The normalized spacial score (nSPS) is 20.5. The molecule has 3 N–H and O–H groups in total. The van der Waals surface area contributed by atoms with Crippen LogP contribution >= 0.6 is 0 Å². The van der Waals surface area contributed by atoms with Crippen molar-refractivity contribution in [2.24, 2.45) is 0 Å². The molecule has 1 aromatic carbocycles. The molecule has 0 saturated carbocycles. The molecule has 1 saturated heterocycles. The first kappa shape index (κ1) is 14.2. The fourth-order valence-corrected chi connectivity index (χ4v) is 3.20. The van der Waals surface area contributed by atoms with E-state index in [0.29, 0.717) is 6.04 Å². The predicted molar refractivity (Wildman–Crippen MR) is 86.9 cm³/mol. The minimum Gasteiger partial charge on any atom is -0.382 e. The zero-order chi connectivity index (χ0) is 14.7. The Kier molecular flexibility index (Phi) is 4.29. The maximum Gasteiger partial charge on any atom is 0.323 e. The predicted octanol–water partition coefficient (Wildman–Crippen LogP) is 2.53. The number of anilines is 1. The smallest absolute Gasteiger partial charge is 0.323 e. The average molecular weight is 288 g/mol. The summed E-state index contributed by atoms with van der Waals surface area (Å²) in [6, 6.07) is 6.54. The van der Waals surface area contributed by atoms with Crippen molar-refractivity contribution in [1.29, 1.82) is 0 Å². The monoisotopic (exact) mass is 288 g/mol. The molecule has 2 heterocycles. The lowest BCUT2D eigenvalue weighted by Crippen LogP contribution is -2.27. The first-order valence-corrected chi connectivity index (χ1v) is 7.95. The van der Waals surface area contributed by atoms with Crippen molar-refractivity contribution in [3.63, 3.8) is 0 Å². The van der Waals surface area contributed by atoms with Gasteiger partial charge in [-0.3, -0.25) is 0 Å². The molecule has 1 aliphatic rings. The fourth-order valence-electron chi connectivity index (χ4n) is 3.20. The Morgan fingerprint density at radius 3 is 2.95 bits per heavy atom. The molecule has 2 aromatic rings. The van der Waals surface area contributed by atoms with Gasteiger partial charge in [-0.15, -0.1) is 0 Å². The quantitative estimate of drug-likeness (QED) is 0.810. The molecule has 1 aromatic heterocycles. The van der Waals surface area contributed by atoms with Crippen LogP contribution in [0, 0.1) is 0 Å². The Hall–Kier alpha value is -1.75. The average Bonchev–Trinajstić information content (AvgIpc) is 2.69. The number of nitrogens with zero attached hydrogens (tertiary/aromatic N) is 1. The second-order valence-electron chi connectivity index (χ2n) is 5.95. The van der Waals surface area contributed by atoms with E-state index in [1.54, 1.807) is 0 Å². The molecular weight excluding hydrogens is 264 g/mol. The van der Waals surface area contributed by atoms with Crippen LogP contribution in [0.15, 0.2) is 23.0 Å². The summed E-state index contributed by atoms with van der Waals surface area (Å²) >= 11 is 0. The molecule has 1 unspecified atom stereocenters. The third-order valence-corrected chi connectivity index (χ3v) is 4.25. The van der Waals surface area contributed by atoms with Crippen LogP contribution in [-0.2, 0) is 0 Å². The van der Waals surface area contributed by atoms with Crippen molar-refractivity contribution in [3.8, 4) is 0 Å². The second kappa shape index (κ2) is 6.35. The molecular formula is C16H24N4O. The highest BCUT2D eigenvalue weighted by Gasteiger charge is 2.16. The summed E-state index contributed by atoms with van der Waals surface area (Å²) in [6.07, 6.45) is 4.88. The maximum atomic E-state index is 11.3. The molecule has 5 nitrogen and oxygen atoms in total. The van der Waals surface area contributed by atoms with Crippen LogP contribution in [0.1, 0.15) is 32.6 Å². The van der Waals surface area contributed by atoms with Gasteiger partial charge in [-0.1, -0.05) is 6.92 Å². The standard InChI is InChI=1S/C16H24N4O/c1-2-8-20-9-3-4-12(7-10-20)17-13-5-6-14-15(11-13)19-16(21)18-14/h5-6,11-12,17H,2-4,7-10H2,1H3,(H2,18,19,21). The van der Waals surface area contributed by atoms with E-state index >= 15 is 0 Å². The van der Waals surface area contributed by atoms with E-state index in [1.165, 1.54) is 45.3 Å². The molecule has 0 radical (unpaired) electrons. The van der Waals surface area contributed by atoms with Crippen LogP contribution in [0.3, 0.4) is 0 Å². The first-order valence-electron chi connectivity index (χ1n) is 7.95.